The van der Waals surface area contributed by atoms with E-state index < -0.39 is 5.41 Å². The number of aromatic nitrogens is 2. The van der Waals surface area contributed by atoms with Gasteiger partial charge in [-0.2, -0.15) is 4.98 Å². The molecule has 1 heterocycles. The van der Waals surface area contributed by atoms with Gasteiger partial charge in [-0.15, -0.1) is 0 Å². The van der Waals surface area contributed by atoms with Crippen LogP contribution in [0.3, 0.4) is 0 Å². The van der Waals surface area contributed by atoms with Crippen LogP contribution in [0.15, 0.2) is 41.2 Å². The maximum Gasteiger partial charge on any atom is 0.233 e. The summed E-state index contributed by atoms with van der Waals surface area (Å²) in [6, 6.07) is 10.1. The van der Waals surface area contributed by atoms with E-state index in [9.17, 15) is 4.79 Å². The second kappa shape index (κ2) is 5.23. The Balaban J connectivity index is 1.77. The van der Waals surface area contributed by atoms with Gasteiger partial charge in [-0.25, -0.2) is 0 Å². The van der Waals surface area contributed by atoms with Crippen LogP contribution in [0.1, 0.15) is 31.7 Å². The zero-order valence-corrected chi connectivity index (χ0v) is 13.2. The molecule has 0 aliphatic heterocycles. The van der Waals surface area contributed by atoms with Gasteiger partial charge in [-0.3, -0.25) is 4.79 Å². The highest BCUT2D eigenvalue weighted by Crippen LogP contribution is 2.65. The lowest BCUT2D eigenvalue weighted by molar-refractivity contribution is -0.133. The van der Waals surface area contributed by atoms with Gasteiger partial charge in [-0.05, 0) is 17.4 Å². The van der Waals surface area contributed by atoms with Gasteiger partial charge < -0.3 is 9.42 Å². The highest BCUT2D eigenvalue weighted by molar-refractivity contribution is 5.93. The highest BCUT2D eigenvalue weighted by Gasteiger charge is 2.67. The van der Waals surface area contributed by atoms with Crippen molar-refractivity contribution in [2.45, 2.75) is 32.1 Å². The molecule has 1 saturated carbocycles. The molecule has 1 atom stereocenters. The van der Waals surface area contributed by atoms with Crippen LogP contribution in [0.2, 0.25) is 0 Å². The van der Waals surface area contributed by atoms with E-state index in [0.717, 1.165) is 12.0 Å². The van der Waals surface area contributed by atoms with Gasteiger partial charge in [0.15, 0.2) is 5.82 Å². The van der Waals surface area contributed by atoms with Gasteiger partial charge in [0.25, 0.3) is 0 Å². The fourth-order valence-electron chi connectivity index (χ4n) is 3.32. The van der Waals surface area contributed by atoms with E-state index in [0.29, 0.717) is 18.8 Å². The Bertz CT molecular complexity index is 652. The van der Waals surface area contributed by atoms with Crippen LogP contribution >= 0.6 is 0 Å². The van der Waals surface area contributed by atoms with E-state index in [1.54, 1.807) is 4.90 Å². The standard InChI is InChI=1S/C17H21N3O2/c1-16(2)11-17(16,13-7-5-4-6-8-13)15(21)20(3)10-9-14-18-12-22-19-14/h4-8,12H,9-11H2,1-3H3/t17-/m0/s1. The molecule has 0 saturated heterocycles. The summed E-state index contributed by atoms with van der Waals surface area (Å²) in [6.07, 6.45) is 2.80. The minimum Gasteiger partial charge on any atom is -0.345 e. The van der Waals surface area contributed by atoms with E-state index in [4.69, 9.17) is 4.52 Å². The van der Waals surface area contributed by atoms with E-state index in [-0.39, 0.29) is 11.3 Å². The Morgan fingerprint density at radius 3 is 2.55 bits per heavy atom. The quantitative estimate of drug-likeness (QED) is 0.851. The minimum absolute atomic E-state index is 0.00810. The Morgan fingerprint density at radius 1 is 1.32 bits per heavy atom. The van der Waals surface area contributed by atoms with Crippen molar-refractivity contribution in [1.29, 1.82) is 0 Å². The summed E-state index contributed by atoms with van der Waals surface area (Å²) in [5.74, 6) is 0.802. The van der Waals surface area contributed by atoms with E-state index in [1.165, 1.54) is 6.39 Å². The number of likely N-dealkylation sites (N-methyl/N-ethyl adjacent to an activating group) is 1. The number of carbonyl (C=O) groups excluding carboxylic acids is 1. The van der Waals surface area contributed by atoms with Gasteiger partial charge in [-0.1, -0.05) is 49.3 Å². The van der Waals surface area contributed by atoms with Crippen LogP contribution in [0, 0.1) is 5.41 Å². The summed E-state index contributed by atoms with van der Waals surface area (Å²) in [4.78, 5) is 18.9. The number of amides is 1. The molecule has 2 aromatic rings. The topological polar surface area (TPSA) is 59.2 Å². The molecule has 0 N–H and O–H groups in total. The maximum absolute atomic E-state index is 13.1. The normalized spacial score (nSPS) is 22.3. The second-order valence-electron chi connectivity index (χ2n) is 6.66. The summed E-state index contributed by atoms with van der Waals surface area (Å²) < 4.78 is 4.72. The van der Waals surface area contributed by atoms with E-state index >= 15 is 0 Å². The molecule has 5 heteroatoms. The molecule has 1 aromatic carbocycles. The molecular weight excluding hydrogens is 278 g/mol. The van der Waals surface area contributed by atoms with Crippen LogP contribution in [-0.4, -0.2) is 34.5 Å². The molecule has 5 nitrogen and oxygen atoms in total. The molecule has 0 unspecified atom stereocenters. The molecule has 1 amide bonds. The van der Waals surface area contributed by atoms with Crippen molar-refractivity contribution < 1.29 is 9.32 Å². The fraction of sp³-hybridized carbons (Fsp3) is 0.471. The van der Waals surface area contributed by atoms with E-state index in [1.807, 2.05) is 25.2 Å². The Kier molecular flexibility index (Phi) is 3.51. The molecule has 0 radical (unpaired) electrons. The molecule has 3 rings (SSSR count). The molecular formula is C17H21N3O2. The number of benzene rings is 1. The maximum atomic E-state index is 13.1. The molecule has 22 heavy (non-hydrogen) atoms. The second-order valence-corrected chi connectivity index (χ2v) is 6.66. The number of hydrogen-bond donors (Lipinski definition) is 0. The van der Waals surface area contributed by atoms with Crippen LogP contribution in [0.25, 0.3) is 0 Å². The summed E-state index contributed by atoms with van der Waals surface area (Å²) in [5.41, 5.74) is 0.697. The number of hydrogen-bond acceptors (Lipinski definition) is 4. The van der Waals surface area contributed by atoms with Gasteiger partial charge in [0.05, 0.1) is 5.41 Å². The van der Waals surface area contributed by atoms with Crippen molar-refractivity contribution >= 4 is 5.91 Å². The lowest BCUT2D eigenvalue weighted by Gasteiger charge is -2.26. The van der Waals surface area contributed by atoms with Gasteiger partial charge in [0, 0.05) is 20.0 Å². The highest BCUT2D eigenvalue weighted by atomic mass is 16.5. The van der Waals surface area contributed by atoms with Gasteiger partial charge in [0.1, 0.15) is 0 Å². The van der Waals surface area contributed by atoms with Crippen molar-refractivity contribution in [3.8, 4) is 0 Å². The fourth-order valence-corrected chi connectivity index (χ4v) is 3.32. The molecule has 1 aromatic heterocycles. The van der Waals surface area contributed by atoms with Gasteiger partial charge in [0.2, 0.25) is 12.3 Å². The Hall–Kier alpha value is -2.17. The van der Waals surface area contributed by atoms with E-state index in [2.05, 4.69) is 36.1 Å². The first-order valence-corrected chi connectivity index (χ1v) is 7.54. The third kappa shape index (κ3) is 2.30. The largest absolute Gasteiger partial charge is 0.345 e. The predicted molar refractivity (Wildman–Crippen MR) is 82.2 cm³/mol. The molecule has 0 spiro atoms. The lowest BCUT2D eigenvalue weighted by atomic mass is 9.86. The van der Waals surface area contributed by atoms with Crippen molar-refractivity contribution in [3.05, 3.63) is 48.1 Å². The summed E-state index contributed by atoms with van der Waals surface area (Å²) in [6.45, 7) is 4.90. The number of rotatable bonds is 5. The van der Waals surface area contributed by atoms with Crippen molar-refractivity contribution in [3.63, 3.8) is 0 Å². The smallest absolute Gasteiger partial charge is 0.233 e. The zero-order valence-electron chi connectivity index (χ0n) is 13.2. The van der Waals surface area contributed by atoms with Gasteiger partial charge >= 0.3 is 0 Å². The van der Waals surface area contributed by atoms with Crippen LogP contribution in [0.5, 0.6) is 0 Å². The summed E-state index contributed by atoms with van der Waals surface area (Å²) in [7, 11) is 1.85. The Morgan fingerprint density at radius 2 is 2.00 bits per heavy atom. The number of nitrogens with zero attached hydrogens (tertiary/aromatic N) is 3. The SMILES string of the molecule is CN(CCc1ncon1)C(=O)[C@@]1(c2ccccc2)CC1(C)C. The third-order valence-corrected chi connectivity index (χ3v) is 4.79. The molecule has 1 fully saturated rings. The zero-order chi connectivity index (χ0) is 15.8. The van der Waals surface area contributed by atoms with Crippen LogP contribution in [0.4, 0.5) is 0 Å². The average Bonchev–Trinajstić information content (AvgIpc) is 2.89. The molecule has 0 bridgehead atoms. The Labute approximate surface area is 130 Å². The molecule has 1 aliphatic carbocycles. The van der Waals surface area contributed by atoms with Crippen LogP contribution < -0.4 is 0 Å². The monoisotopic (exact) mass is 299 g/mol. The first-order chi connectivity index (χ1) is 10.5. The summed E-state index contributed by atoms with van der Waals surface area (Å²) in [5, 5.41) is 3.79. The lowest BCUT2D eigenvalue weighted by Crippen LogP contribution is -2.40. The minimum atomic E-state index is -0.403. The van der Waals surface area contributed by atoms with Crippen molar-refractivity contribution in [2.24, 2.45) is 5.41 Å². The molecule has 1 aliphatic rings. The number of carbonyl (C=O) groups is 1. The first kappa shape index (κ1) is 14.8. The summed E-state index contributed by atoms with van der Waals surface area (Å²) >= 11 is 0. The third-order valence-electron chi connectivity index (χ3n) is 4.79. The van der Waals surface area contributed by atoms with Crippen LogP contribution in [-0.2, 0) is 16.6 Å². The molecule has 116 valence electrons. The predicted octanol–water partition coefficient (Wildman–Crippen LogP) is 2.44. The van der Waals surface area contributed by atoms with Crippen molar-refractivity contribution in [1.82, 2.24) is 15.0 Å². The average molecular weight is 299 g/mol. The van der Waals surface area contributed by atoms with Crippen molar-refractivity contribution in [2.75, 3.05) is 13.6 Å². The first-order valence-electron chi connectivity index (χ1n) is 7.54.